The molecule has 2 atom stereocenters. The Morgan fingerprint density at radius 3 is 2.61 bits per heavy atom. The van der Waals surface area contributed by atoms with Crippen LogP contribution in [0, 0.1) is 11.3 Å². The minimum atomic E-state index is -0.579. The maximum absolute atomic E-state index is 13.4. The summed E-state index contributed by atoms with van der Waals surface area (Å²) >= 11 is 1.52. The highest BCUT2D eigenvalue weighted by atomic mass is 32.1. The first kappa shape index (κ1) is 18.0. The van der Waals surface area contributed by atoms with Gasteiger partial charge in [0.15, 0.2) is 0 Å². The number of fused-ring (bicyclic) bond motifs is 1. The number of carbonyl (C=O) groups is 2. The van der Waals surface area contributed by atoms with Gasteiger partial charge in [-0.2, -0.15) is 5.26 Å². The third-order valence-corrected chi connectivity index (χ3v) is 5.95. The maximum Gasteiger partial charge on any atom is 0.254 e. The molecule has 0 bridgehead atoms. The van der Waals surface area contributed by atoms with Gasteiger partial charge in [0.2, 0.25) is 5.91 Å². The van der Waals surface area contributed by atoms with E-state index in [1.807, 2.05) is 29.6 Å². The van der Waals surface area contributed by atoms with E-state index < -0.39 is 12.0 Å². The van der Waals surface area contributed by atoms with E-state index in [0.29, 0.717) is 22.4 Å². The first-order chi connectivity index (χ1) is 13.6. The van der Waals surface area contributed by atoms with Gasteiger partial charge in [-0.15, -0.1) is 11.3 Å². The third-order valence-electron chi connectivity index (χ3n) is 5.00. The highest BCUT2D eigenvalue weighted by Crippen LogP contribution is 2.43. The second kappa shape index (κ2) is 7.29. The van der Waals surface area contributed by atoms with Crippen molar-refractivity contribution in [2.75, 3.05) is 12.4 Å². The smallest absolute Gasteiger partial charge is 0.254 e. The average molecular weight is 387 g/mol. The van der Waals surface area contributed by atoms with Crippen LogP contribution in [0.5, 0.6) is 0 Å². The number of rotatable bonds is 3. The number of hydrogen-bond acceptors (Lipinski definition) is 4. The van der Waals surface area contributed by atoms with Gasteiger partial charge in [-0.3, -0.25) is 9.59 Å². The molecule has 2 amide bonds. The molecule has 1 N–H and O–H groups in total. The van der Waals surface area contributed by atoms with Crippen molar-refractivity contribution < 1.29 is 9.59 Å². The molecule has 2 unspecified atom stereocenters. The Balaban J connectivity index is 1.81. The molecule has 4 rings (SSSR count). The molecule has 2 aromatic carbocycles. The number of anilines is 1. The van der Waals surface area contributed by atoms with Crippen molar-refractivity contribution in [1.82, 2.24) is 4.90 Å². The van der Waals surface area contributed by atoms with E-state index in [1.165, 1.54) is 11.3 Å². The van der Waals surface area contributed by atoms with Crippen molar-refractivity contribution in [3.8, 4) is 6.07 Å². The summed E-state index contributed by atoms with van der Waals surface area (Å²) in [6, 6.07) is 19.7. The number of likely N-dealkylation sites (N-methyl/N-ethyl adjacent to an activating group) is 1. The van der Waals surface area contributed by atoms with Crippen LogP contribution in [-0.4, -0.2) is 23.8 Å². The fraction of sp³-hybridized carbons (Fsp3) is 0.136. The minimum absolute atomic E-state index is 0.101. The second-order valence-corrected chi connectivity index (χ2v) is 7.57. The standard InChI is InChI=1S/C22H17N3O2S/c1-25-20(18-11-6-12-28-18)19(15-8-3-4-9-16(15)22(25)27)21(26)24-17-10-5-2-7-14(17)13-23/h2-12,19-20H,1H3,(H,24,26). The normalized spacial score (nSPS) is 18.3. The van der Waals surface area contributed by atoms with Crippen LogP contribution < -0.4 is 5.32 Å². The van der Waals surface area contributed by atoms with Crippen molar-refractivity contribution >= 4 is 28.8 Å². The van der Waals surface area contributed by atoms with E-state index in [-0.39, 0.29) is 11.8 Å². The Bertz CT molecular complexity index is 1090. The van der Waals surface area contributed by atoms with Crippen molar-refractivity contribution in [3.05, 3.63) is 87.6 Å². The Morgan fingerprint density at radius 2 is 1.86 bits per heavy atom. The van der Waals surface area contributed by atoms with Crippen molar-refractivity contribution in [1.29, 1.82) is 5.26 Å². The predicted octanol–water partition coefficient (Wildman–Crippen LogP) is 4.17. The lowest BCUT2D eigenvalue weighted by Gasteiger charge is -2.39. The van der Waals surface area contributed by atoms with E-state index >= 15 is 0 Å². The molecule has 28 heavy (non-hydrogen) atoms. The zero-order chi connectivity index (χ0) is 19.7. The van der Waals surface area contributed by atoms with Crippen LogP contribution in [0.15, 0.2) is 66.0 Å². The molecule has 0 aliphatic carbocycles. The fourth-order valence-electron chi connectivity index (χ4n) is 3.67. The number of nitriles is 1. The summed E-state index contributed by atoms with van der Waals surface area (Å²) in [4.78, 5) is 28.9. The Morgan fingerprint density at radius 1 is 1.11 bits per heavy atom. The highest BCUT2D eigenvalue weighted by Gasteiger charge is 2.43. The van der Waals surface area contributed by atoms with E-state index in [9.17, 15) is 14.9 Å². The molecule has 2 heterocycles. The topological polar surface area (TPSA) is 73.2 Å². The third kappa shape index (κ3) is 2.96. The Hall–Kier alpha value is -3.43. The summed E-state index contributed by atoms with van der Waals surface area (Å²) in [5.41, 5.74) is 2.11. The number of hydrogen-bond donors (Lipinski definition) is 1. The molecule has 5 nitrogen and oxygen atoms in total. The monoisotopic (exact) mass is 387 g/mol. The van der Waals surface area contributed by atoms with E-state index in [1.54, 1.807) is 48.3 Å². The molecule has 0 fully saturated rings. The lowest BCUT2D eigenvalue weighted by atomic mass is 9.81. The van der Waals surface area contributed by atoms with Crippen LogP contribution in [0.3, 0.4) is 0 Å². The SMILES string of the molecule is CN1C(=O)c2ccccc2C(C(=O)Nc2ccccc2C#N)C1c1cccs1. The van der Waals surface area contributed by atoms with E-state index in [2.05, 4.69) is 11.4 Å². The molecular weight excluding hydrogens is 370 g/mol. The molecule has 6 heteroatoms. The molecule has 1 aromatic heterocycles. The van der Waals surface area contributed by atoms with Gasteiger partial charge in [0.1, 0.15) is 6.07 Å². The zero-order valence-corrected chi connectivity index (χ0v) is 15.9. The quantitative estimate of drug-likeness (QED) is 0.733. The van der Waals surface area contributed by atoms with Gasteiger partial charge in [0, 0.05) is 17.5 Å². The molecule has 0 radical (unpaired) electrons. The first-order valence-corrected chi connectivity index (χ1v) is 9.69. The van der Waals surface area contributed by atoms with Crippen LogP contribution >= 0.6 is 11.3 Å². The van der Waals surface area contributed by atoms with Crippen molar-refractivity contribution in [2.45, 2.75) is 12.0 Å². The summed E-state index contributed by atoms with van der Waals surface area (Å²) in [5.74, 6) is -0.923. The summed E-state index contributed by atoms with van der Waals surface area (Å²) in [7, 11) is 1.73. The van der Waals surface area contributed by atoms with Crippen LogP contribution in [0.2, 0.25) is 0 Å². The van der Waals surface area contributed by atoms with Gasteiger partial charge in [-0.05, 0) is 35.2 Å². The fourth-order valence-corrected chi connectivity index (χ4v) is 4.58. The molecular formula is C22H17N3O2S. The van der Waals surface area contributed by atoms with Gasteiger partial charge in [-0.1, -0.05) is 36.4 Å². The van der Waals surface area contributed by atoms with Gasteiger partial charge >= 0.3 is 0 Å². The average Bonchev–Trinajstić information content (AvgIpc) is 3.25. The second-order valence-electron chi connectivity index (χ2n) is 6.59. The summed E-state index contributed by atoms with van der Waals surface area (Å²) in [6.45, 7) is 0. The number of thiophene rings is 1. The number of amides is 2. The lowest BCUT2D eigenvalue weighted by Crippen LogP contribution is -2.43. The summed E-state index contributed by atoms with van der Waals surface area (Å²) in [6.07, 6.45) is 0. The van der Waals surface area contributed by atoms with Gasteiger partial charge in [-0.25, -0.2) is 0 Å². The molecule has 1 aliphatic heterocycles. The number of carbonyl (C=O) groups excluding carboxylic acids is 2. The highest BCUT2D eigenvalue weighted by molar-refractivity contribution is 7.10. The molecule has 138 valence electrons. The Kier molecular flexibility index (Phi) is 4.68. The van der Waals surface area contributed by atoms with Crippen LogP contribution in [0.4, 0.5) is 5.69 Å². The molecule has 1 aliphatic rings. The van der Waals surface area contributed by atoms with Gasteiger partial charge in [0.25, 0.3) is 5.91 Å². The summed E-state index contributed by atoms with van der Waals surface area (Å²) in [5, 5.41) is 14.2. The number of nitrogens with zero attached hydrogens (tertiary/aromatic N) is 2. The number of para-hydroxylation sites is 1. The van der Waals surface area contributed by atoms with Crippen LogP contribution in [0.1, 0.15) is 38.3 Å². The Labute approximate surface area is 166 Å². The maximum atomic E-state index is 13.4. The molecule has 3 aromatic rings. The van der Waals surface area contributed by atoms with Crippen molar-refractivity contribution in [2.24, 2.45) is 0 Å². The zero-order valence-electron chi connectivity index (χ0n) is 15.1. The van der Waals surface area contributed by atoms with E-state index in [0.717, 1.165) is 4.88 Å². The summed E-state index contributed by atoms with van der Waals surface area (Å²) < 4.78 is 0. The van der Waals surface area contributed by atoms with Crippen molar-refractivity contribution in [3.63, 3.8) is 0 Å². The lowest BCUT2D eigenvalue weighted by molar-refractivity contribution is -0.119. The van der Waals surface area contributed by atoms with E-state index in [4.69, 9.17) is 0 Å². The molecule has 0 saturated heterocycles. The number of benzene rings is 2. The van der Waals surface area contributed by atoms with Gasteiger partial charge in [0.05, 0.1) is 23.2 Å². The largest absolute Gasteiger partial charge is 0.333 e. The molecule has 0 saturated carbocycles. The number of nitrogens with one attached hydrogen (secondary N) is 1. The first-order valence-electron chi connectivity index (χ1n) is 8.81. The molecule has 0 spiro atoms. The van der Waals surface area contributed by atoms with Crippen LogP contribution in [0.25, 0.3) is 0 Å². The minimum Gasteiger partial charge on any atom is -0.333 e. The van der Waals surface area contributed by atoms with Crippen LogP contribution in [-0.2, 0) is 4.79 Å². The van der Waals surface area contributed by atoms with Gasteiger partial charge < -0.3 is 10.2 Å². The predicted molar refractivity (Wildman–Crippen MR) is 108 cm³/mol.